The van der Waals surface area contributed by atoms with E-state index in [4.69, 9.17) is 5.73 Å². The summed E-state index contributed by atoms with van der Waals surface area (Å²) in [6.45, 7) is 0. The molecule has 0 aliphatic rings. The van der Waals surface area contributed by atoms with Gasteiger partial charge < -0.3 is 5.73 Å². The molecule has 124 valence electrons. The van der Waals surface area contributed by atoms with E-state index in [1.165, 1.54) is 11.8 Å². The average molecular weight is 343 g/mol. The quantitative estimate of drug-likeness (QED) is 0.543. The summed E-state index contributed by atoms with van der Waals surface area (Å²) in [5, 5.41) is 0. The van der Waals surface area contributed by atoms with Gasteiger partial charge in [0, 0.05) is 4.90 Å². The number of carbonyl (C=O) groups is 3. The van der Waals surface area contributed by atoms with Crippen LogP contribution in [0.1, 0.15) is 15.9 Å². The molecule has 0 heterocycles. The van der Waals surface area contributed by atoms with Crippen molar-refractivity contribution in [3.8, 4) is 0 Å². The van der Waals surface area contributed by atoms with E-state index in [1.54, 1.807) is 24.3 Å². The van der Waals surface area contributed by atoms with Crippen LogP contribution in [0.15, 0.2) is 59.5 Å². The van der Waals surface area contributed by atoms with Crippen LogP contribution in [0.3, 0.4) is 0 Å². The molecule has 0 aromatic heterocycles. The minimum atomic E-state index is -0.466. The van der Waals surface area contributed by atoms with Gasteiger partial charge in [-0.2, -0.15) is 0 Å². The fourth-order valence-electron chi connectivity index (χ4n) is 1.95. The first-order chi connectivity index (χ1) is 11.6. The van der Waals surface area contributed by atoms with Crippen molar-refractivity contribution in [3.05, 3.63) is 65.7 Å². The van der Waals surface area contributed by atoms with E-state index >= 15 is 0 Å². The minimum Gasteiger partial charge on any atom is -0.369 e. The molecule has 7 heteroatoms. The van der Waals surface area contributed by atoms with Gasteiger partial charge in [-0.1, -0.05) is 42.5 Å². The Hall–Kier alpha value is -2.80. The average Bonchev–Trinajstić information content (AvgIpc) is 2.59. The van der Waals surface area contributed by atoms with Crippen molar-refractivity contribution in [1.82, 2.24) is 10.9 Å². The number of nitrogens with two attached hydrogens (primary N) is 1. The maximum Gasteiger partial charge on any atom is 0.270 e. The maximum atomic E-state index is 12.2. The number of amides is 3. The number of benzene rings is 2. The zero-order valence-electron chi connectivity index (χ0n) is 12.8. The Morgan fingerprint density at radius 1 is 0.917 bits per heavy atom. The van der Waals surface area contributed by atoms with E-state index in [0.29, 0.717) is 10.5 Å². The molecule has 0 fully saturated rings. The lowest BCUT2D eigenvalue weighted by Gasteiger charge is -2.10. The maximum absolute atomic E-state index is 12.2. The van der Waals surface area contributed by atoms with Crippen LogP contribution in [0.5, 0.6) is 0 Å². The van der Waals surface area contributed by atoms with Gasteiger partial charge in [-0.25, -0.2) is 0 Å². The number of rotatable bonds is 6. The second-order valence-electron chi connectivity index (χ2n) is 4.92. The van der Waals surface area contributed by atoms with Crippen molar-refractivity contribution in [2.45, 2.75) is 11.3 Å². The van der Waals surface area contributed by atoms with Crippen LogP contribution in [-0.4, -0.2) is 23.5 Å². The molecular formula is C17H17N3O3S. The van der Waals surface area contributed by atoms with Crippen LogP contribution in [0, 0.1) is 0 Å². The number of hydrogen-bond acceptors (Lipinski definition) is 4. The normalized spacial score (nSPS) is 10.0. The van der Waals surface area contributed by atoms with Gasteiger partial charge in [0.05, 0.1) is 17.7 Å². The molecule has 4 N–H and O–H groups in total. The highest BCUT2D eigenvalue weighted by Gasteiger charge is 2.13. The Balaban J connectivity index is 1.92. The standard InChI is InChI=1S/C17H17N3O3S/c18-15(21)11-24-14-9-5-4-8-13(14)17(23)20-19-16(22)10-12-6-2-1-3-7-12/h1-9H,10-11H2,(H2,18,21)(H,19,22)(H,20,23). The molecule has 3 amide bonds. The topological polar surface area (TPSA) is 101 Å². The first-order valence-electron chi connectivity index (χ1n) is 7.19. The molecule has 24 heavy (non-hydrogen) atoms. The van der Waals surface area contributed by atoms with Gasteiger partial charge in [-0.05, 0) is 17.7 Å². The summed E-state index contributed by atoms with van der Waals surface area (Å²) in [5.41, 5.74) is 11.1. The Morgan fingerprint density at radius 3 is 2.29 bits per heavy atom. The lowest BCUT2D eigenvalue weighted by atomic mass is 10.1. The van der Waals surface area contributed by atoms with Gasteiger partial charge in [-0.15, -0.1) is 11.8 Å². The highest BCUT2D eigenvalue weighted by atomic mass is 32.2. The molecule has 0 spiro atoms. The van der Waals surface area contributed by atoms with Crippen LogP contribution in [0.4, 0.5) is 0 Å². The summed E-state index contributed by atoms with van der Waals surface area (Å²) in [5.74, 6) is -1.17. The third-order valence-electron chi connectivity index (χ3n) is 3.02. The molecule has 2 aromatic carbocycles. The van der Waals surface area contributed by atoms with E-state index in [2.05, 4.69) is 10.9 Å². The summed E-state index contributed by atoms with van der Waals surface area (Å²) in [7, 11) is 0. The zero-order chi connectivity index (χ0) is 17.4. The number of hydrazine groups is 1. The molecule has 6 nitrogen and oxygen atoms in total. The molecule has 0 bridgehead atoms. The van der Waals surface area contributed by atoms with Gasteiger partial charge >= 0.3 is 0 Å². The molecule has 0 atom stereocenters. The third-order valence-corrected chi connectivity index (χ3v) is 4.12. The molecule has 0 unspecified atom stereocenters. The molecule has 0 saturated heterocycles. The van der Waals surface area contributed by atoms with Crippen molar-refractivity contribution in [2.24, 2.45) is 5.73 Å². The Kier molecular flexibility index (Phi) is 6.39. The predicted molar refractivity (Wildman–Crippen MR) is 92.1 cm³/mol. The molecular weight excluding hydrogens is 326 g/mol. The number of hydrogen-bond donors (Lipinski definition) is 3. The fourth-order valence-corrected chi connectivity index (χ4v) is 2.74. The predicted octanol–water partition coefficient (Wildman–Crippen LogP) is 1.27. The number of thioether (sulfide) groups is 1. The van der Waals surface area contributed by atoms with Crippen LogP contribution >= 0.6 is 11.8 Å². The summed E-state index contributed by atoms with van der Waals surface area (Å²) in [6, 6.07) is 16.0. The van der Waals surface area contributed by atoms with Crippen molar-refractivity contribution in [3.63, 3.8) is 0 Å². The number of carbonyl (C=O) groups excluding carboxylic acids is 3. The van der Waals surface area contributed by atoms with Crippen molar-refractivity contribution in [1.29, 1.82) is 0 Å². The van der Waals surface area contributed by atoms with E-state index in [1.807, 2.05) is 30.3 Å². The van der Waals surface area contributed by atoms with Gasteiger partial charge in [0.1, 0.15) is 0 Å². The Labute approximate surface area is 143 Å². The Morgan fingerprint density at radius 2 is 1.58 bits per heavy atom. The molecule has 0 radical (unpaired) electrons. The highest BCUT2D eigenvalue weighted by Crippen LogP contribution is 2.22. The van der Waals surface area contributed by atoms with Crippen molar-refractivity contribution >= 4 is 29.5 Å². The molecule has 0 aliphatic heterocycles. The lowest BCUT2D eigenvalue weighted by molar-refractivity contribution is -0.121. The summed E-state index contributed by atoms with van der Waals surface area (Å²) >= 11 is 1.17. The van der Waals surface area contributed by atoms with Crippen LogP contribution < -0.4 is 16.6 Å². The third kappa shape index (κ3) is 5.44. The van der Waals surface area contributed by atoms with E-state index in [-0.39, 0.29) is 18.1 Å². The lowest BCUT2D eigenvalue weighted by Crippen LogP contribution is -2.42. The van der Waals surface area contributed by atoms with E-state index in [0.717, 1.165) is 5.56 Å². The SMILES string of the molecule is NC(=O)CSc1ccccc1C(=O)NNC(=O)Cc1ccccc1. The van der Waals surface area contributed by atoms with Crippen LogP contribution in [-0.2, 0) is 16.0 Å². The molecule has 0 aliphatic carbocycles. The van der Waals surface area contributed by atoms with Crippen molar-refractivity contribution in [2.75, 3.05) is 5.75 Å². The summed E-state index contributed by atoms with van der Waals surface area (Å²) < 4.78 is 0. The monoisotopic (exact) mass is 343 g/mol. The highest BCUT2D eigenvalue weighted by molar-refractivity contribution is 8.00. The molecule has 2 aromatic rings. The van der Waals surface area contributed by atoms with Gasteiger partial charge in [0.25, 0.3) is 5.91 Å². The number of nitrogens with one attached hydrogen (secondary N) is 2. The fraction of sp³-hybridized carbons (Fsp3) is 0.118. The second kappa shape index (κ2) is 8.73. The first-order valence-corrected chi connectivity index (χ1v) is 8.18. The van der Waals surface area contributed by atoms with E-state index < -0.39 is 11.8 Å². The molecule has 2 rings (SSSR count). The van der Waals surface area contributed by atoms with Gasteiger partial charge in [-0.3, -0.25) is 25.2 Å². The van der Waals surface area contributed by atoms with Crippen LogP contribution in [0.25, 0.3) is 0 Å². The largest absolute Gasteiger partial charge is 0.369 e. The van der Waals surface area contributed by atoms with Gasteiger partial charge in [0.15, 0.2) is 0 Å². The summed E-state index contributed by atoms with van der Waals surface area (Å²) in [6.07, 6.45) is 0.166. The second-order valence-corrected chi connectivity index (χ2v) is 5.93. The minimum absolute atomic E-state index is 0.0741. The smallest absolute Gasteiger partial charge is 0.270 e. The molecule has 0 saturated carbocycles. The number of primary amides is 1. The summed E-state index contributed by atoms with van der Waals surface area (Å²) in [4.78, 5) is 35.6. The van der Waals surface area contributed by atoms with Crippen molar-refractivity contribution < 1.29 is 14.4 Å². The van der Waals surface area contributed by atoms with Gasteiger partial charge in [0.2, 0.25) is 11.8 Å². The Bertz CT molecular complexity index is 735. The van der Waals surface area contributed by atoms with Crippen LogP contribution in [0.2, 0.25) is 0 Å². The first kappa shape index (κ1) is 17.6. The zero-order valence-corrected chi connectivity index (χ0v) is 13.6. The van der Waals surface area contributed by atoms with E-state index in [9.17, 15) is 14.4 Å².